The topological polar surface area (TPSA) is 0 Å². The third kappa shape index (κ3) is 5.24. The van der Waals surface area contributed by atoms with Crippen molar-refractivity contribution in [2.24, 2.45) is 0 Å². The fraction of sp³-hybridized carbons (Fsp3) is 0. The Morgan fingerprint density at radius 3 is 1.07 bits per heavy atom. The molecule has 1 heteroatoms. The van der Waals surface area contributed by atoms with Crippen molar-refractivity contribution in [1.29, 1.82) is 0 Å². The summed E-state index contributed by atoms with van der Waals surface area (Å²) in [5, 5.41) is 17.9. The molecule has 0 aliphatic heterocycles. The highest BCUT2D eigenvalue weighted by atomic mass is 32.1. The lowest BCUT2D eigenvalue weighted by Crippen LogP contribution is -1.91. The zero-order valence-corrected chi connectivity index (χ0v) is 34.0. The summed E-state index contributed by atoms with van der Waals surface area (Å²) in [6, 6.07) is 81.3. The Morgan fingerprint density at radius 1 is 0.230 bits per heavy atom. The predicted octanol–water partition coefficient (Wildman–Crippen LogP) is 17.6. The number of hydrogen-bond donors (Lipinski definition) is 0. The van der Waals surface area contributed by atoms with Gasteiger partial charge in [-0.2, -0.15) is 0 Å². The van der Waals surface area contributed by atoms with E-state index >= 15 is 0 Å². The first-order valence-corrected chi connectivity index (χ1v) is 21.9. The standard InChI is InChI=1S/C60H36S/c1-3-16-39-34-41(30-28-37(39)14-1)56-44-18-5-7-20-46(44)58(47-21-8-6-19-45(47)56)43-32-33-52-55(36-43)61-54-27-13-26-53(60(52)54)59-50-24-11-9-22-48(50)57(49-23-10-12-25-51(49)59)42-31-29-38-15-2-4-17-40(38)35-42/h1-36H. The van der Waals surface area contributed by atoms with Gasteiger partial charge in [-0.3, -0.25) is 0 Å². The third-order valence-corrected chi connectivity index (χ3v) is 14.1. The van der Waals surface area contributed by atoms with Crippen LogP contribution in [0.1, 0.15) is 0 Å². The number of rotatable bonds is 4. The number of fused-ring (bicyclic) bond motifs is 9. The Balaban J connectivity index is 1.04. The molecule has 0 atom stereocenters. The summed E-state index contributed by atoms with van der Waals surface area (Å²) < 4.78 is 2.60. The average Bonchev–Trinajstić information content (AvgIpc) is 3.70. The first-order valence-electron chi connectivity index (χ1n) is 21.1. The van der Waals surface area contributed by atoms with E-state index in [0.29, 0.717) is 0 Å². The van der Waals surface area contributed by atoms with E-state index < -0.39 is 0 Å². The molecule has 0 radical (unpaired) electrons. The number of thiophene rings is 1. The second-order valence-corrected chi connectivity index (χ2v) is 17.4. The minimum atomic E-state index is 1.24. The lowest BCUT2D eigenvalue weighted by molar-refractivity contribution is 1.68. The maximum Gasteiger partial charge on any atom is 0.0361 e. The van der Waals surface area contributed by atoms with Crippen LogP contribution in [-0.2, 0) is 0 Å². The van der Waals surface area contributed by atoms with Crippen LogP contribution in [0.15, 0.2) is 218 Å². The van der Waals surface area contributed by atoms with Gasteiger partial charge < -0.3 is 0 Å². The molecule has 0 N–H and O–H groups in total. The Labute approximate surface area is 357 Å². The van der Waals surface area contributed by atoms with E-state index in [1.54, 1.807) is 0 Å². The van der Waals surface area contributed by atoms with Crippen LogP contribution in [0, 0.1) is 0 Å². The first-order chi connectivity index (χ1) is 30.3. The van der Waals surface area contributed by atoms with Crippen molar-refractivity contribution in [3.63, 3.8) is 0 Å². The molecule has 1 heterocycles. The molecule has 12 aromatic carbocycles. The monoisotopic (exact) mass is 788 g/mol. The predicted molar refractivity (Wildman–Crippen MR) is 266 cm³/mol. The lowest BCUT2D eigenvalue weighted by Gasteiger charge is -2.19. The van der Waals surface area contributed by atoms with Gasteiger partial charge in [-0.25, -0.2) is 0 Å². The molecule has 0 amide bonds. The molecular formula is C60H36S. The van der Waals surface area contributed by atoms with Gasteiger partial charge in [0.2, 0.25) is 0 Å². The van der Waals surface area contributed by atoms with Gasteiger partial charge in [-0.15, -0.1) is 11.3 Å². The molecule has 282 valence electrons. The fourth-order valence-electron chi connectivity index (χ4n) is 10.4. The molecule has 1 aromatic heterocycles. The molecule has 0 aliphatic rings. The van der Waals surface area contributed by atoms with Gasteiger partial charge in [0.1, 0.15) is 0 Å². The fourth-order valence-corrected chi connectivity index (χ4v) is 11.5. The Hall–Kier alpha value is -7.58. The summed E-state index contributed by atoms with van der Waals surface area (Å²) in [6.07, 6.45) is 0. The summed E-state index contributed by atoms with van der Waals surface area (Å²) in [5.41, 5.74) is 10.2. The summed E-state index contributed by atoms with van der Waals surface area (Å²) in [5.74, 6) is 0. The van der Waals surface area contributed by atoms with Gasteiger partial charge in [-0.05, 0) is 133 Å². The van der Waals surface area contributed by atoms with Crippen LogP contribution in [0.4, 0.5) is 0 Å². The van der Waals surface area contributed by atoms with Crippen LogP contribution in [0.3, 0.4) is 0 Å². The summed E-state index contributed by atoms with van der Waals surface area (Å²) in [4.78, 5) is 0. The zero-order valence-electron chi connectivity index (χ0n) is 33.2. The van der Waals surface area contributed by atoms with E-state index in [2.05, 4.69) is 218 Å². The van der Waals surface area contributed by atoms with Crippen LogP contribution in [-0.4, -0.2) is 0 Å². The highest BCUT2D eigenvalue weighted by molar-refractivity contribution is 7.26. The highest BCUT2D eigenvalue weighted by Crippen LogP contribution is 2.50. The minimum Gasteiger partial charge on any atom is -0.135 e. The van der Waals surface area contributed by atoms with Gasteiger partial charge in [0.25, 0.3) is 0 Å². The molecule has 0 spiro atoms. The van der Waals surface area contributed by atoms with E-state index in [-0.39, 0.29) is 0 Å². The molecule has 0 fully saturated rings. The summed E-state index contributed by atoms with van der Waals surface area (Å²) in [7, 11) is 0. The van der Waals surface area contributed by atoms with Crippen molar-refractivity contribution < 1.29 is 0 Å². The molecule has 0 bridgehead atoms. The summed E-state index contributed by atoms with van der Waals surface area (Å²) >= 11 is 1.90. The van der Waals surface area contributed by atoms with E-state index in [9.17, 15) is 0 Å². The van der Waals surface area contributed by atoms with E-state index in [4.69, 9.17) is 0 Å². The summed E-state index contributed by atoms with van der Waals surface area (Å²) in [6.45, 7) is 0. The maximum absolute atomic E-state index is 2.45. The van der Waals surface area contributed by atoms with Gasteiger partial charge in [0.05, 0.1) is 0 Å². The van der Waals surface area contributed by atoms with Crippen molar-refractivity contribution in [3.05, 3.63) is 218 Å². The maximum atomic E-state index is 2.45. The molecule has 0 aliphatic carbocycles. The second-order valence-electron chi connectivity index (χ2n) is 16.3. The smallest absolute Gasteiger partial charge is 0.0361 e. The second kappa shape index (κ2) is 13.5. The van der Waals surface area contributed by atoms with Crippen molar-refractivity contribution in [2.45, 2.75) is 0 Å². The van der Waals surface area contributed by atoms with Crippen molar-refractivity contribution in [2.75, 3.05) is 0 Å². The van der Waals surface area contributed by atoms with E-state index in [1.165, 1.54) is 129 Å². The van der Waals surface area contributed by atoms with Gasteiger partial charge in [0, 0.05) is 20.2 Å². The van der Waals surface area contributed by atoms with Crippen molar-refractivity contribution in [3.8, 4) is 44.5 Å². The molecule has 0 saturated heterocycles. The largest absolute Gasteiger partial charge is 0.135 e. The SMILES string of the molecule is c1ccc2cc(-c3c4ccccc4c(-c4ccc5c(c4)sc4cccc(-c6c7ccccc7c(-c7ccc8ccccc8c7)c7ccccc67)c45)c4ccccc34)ccc2c1. The normalized spacial score (nSPS) is 11.9. The molecular weight excluding hydrogens is 753 g/mol. The molecule has 0 saturated carbocycles. The Bertz CT molecular complexity index is 3830. The van der Waals surface area contributed by atoms with Crippen LogP contribution >= 0.6 is 11.3 Å². The molecule has 0 unspecified atom stereocenters. The lowest BCUT2D eigenvalue weighted by atomic mass is 9.84. The number of hydrogen-bond acceptors (Lipinski definition) is 1. The van der Waals surface area contributed by atoms with Crippen LogP contribution < -0.4 is 0 Å². The zero-order chi connectivity index (χ0) is 40.0. The Morgan fingerprint density at radius 2 is 0.607 bits per heavy atom. The van der Waals surface area contributed by atoms with Crippen molar-refractivity contribution >= 4 is 96.1 Å². The van der Waals surface area contributed by atoms with Gasteiger partial charge in [0.15, 0.2) is 0 Å². The molecule has 13 rings (SSSR count). The molecule has 0 nitrogen and oxygen atoms in total. The van der Waals surface area contributed by atoms with Crippen molar-refractivity contribution in [1.82, 2.24) is 0 Å². The van der Waals surface area contributed by atoms with Crippen LogP contribution in [0.2, 0.25) is 0 Å². The van der Waals surface area contributed by atoms with Gasteiger partial charge in [-0.1, -0.05) is 194 Å². The number of benzene rings is 12. The first kappa shape index (κ1) is 34.3. The molecule has 13 aromatic rings. The van der Waals surface area contributed by atoms with E-state index in [1.807, 2.05) is 11.3 Å². The van der Waals surface area contributed by atoms with Gasteiger partial charge >= 0.3 is 0 Å². The Kier molecular flexibility index (Phi) is 7.58. The van der Waals surface area contributed by atoms with Crippen LogP contribution in [0.5, 0.6) is 0 Å². The third-order valence-electron chi connectivity index (χ3n) is 13.0. The quantitative estimate of drug-likeness (QED) is 0.156. The van der Waals surface area contributed by atoms with Crippen LogP contribution in [0.25, 0.3) is 129 Å². The minimum absolute atomic E-state index is 1.24. The average molecular weight is 789 g/mol. The molecule has 61 heavy (non-hydrogen) atoms. The highest BCUT2D eigenvalue weighted by Gasteiger charge is 2.21. The van der Waals surface area contributed by atoms with E-state index in [0.717, 1.165) is 0 Å².